The van der Waals surface area contributed by atoms with E-state index in [-0.39, 0.29) is 17.6 Å². The molecule has 0 radical (unpaired) electrons. The second kappa shape index (κ2) is 7.43. The van der Waals surface area contributed by atoms with Crippen LogP contribution in [0.5, 0.6) is 0 Å². The van der Waals surface area contributed by atoms with Gasteiger partial charge in [0.05, 0.1) is 18.0 Å². The summed E-state index contributed by atoms with van der Waals surface area (Å²) >= 11 is 6.20. The number of fused-ring (bicyclic) bond motifs is 1. The van der Waals surface area contributed by atoms with E-state index in [0.29, 0.717) is 22.8 Å². The van der Waals surface area contributed by atoms with Gasteiger partial charge in [-0.3, -0.25) is 9.89 Å². The van der Waals surface area contributed by atoms with Crippen molar-refractivity contribution >= 4 is 29.1 Å². The fraction of sp³-hybridized carbons (Fsp3) is 0.381. The predicted octanol–water partition coefficient (Wildman–Crippen LogP) is 4.10. The van der Waals surface area contributed by atoms with E-state index in [4.69, 9.17) is 16.3 Å². The van der Waals surface area contributed by atoms with Crippen molar-refractivity contribution in [3.8, 4) is 0 Å². The van der Waals surface area contributed by atoms with Gasteiger partial charge >= 0.3 is 5.97 Å². The summed E-state index contributed by atoms with van der Waals surface area (Å²) in [5.41, 5.74) is 2.64. The quantitative estimate of drug-likeness (QED) is 0.785. The topological polar surface area (TPSA) is 75.3 Å². The molecule has 0 atom stereocenters. The van der Waals surface area contributed by atoms with E-state index in [9.17, 15) is 9.59 Å². The van der Waals surface area contributed by atoms with Gasteiger partial charge in [0, 0.05) is 34.3 Å². The van der Waals surface area contributed by atoms with Crippen LogP contribution in [0.4, 0.5) is 0 Å². The number of rotatable bonds is 3. The van der Waals surface area contributed by atoms with Gasteiger partial charge in [-0.25, -0.2) is 4.79 Å². The number of benzene rings is 1. The lowest BCUT2D eigenvalue weighted by atomic mass is 9.84. The maximum absolute atomic E-state index is 13.2. The number of H-pyrrole nitrogens is 1. The number of carbonyl (C=O) groups excluding carboxylic acids is 2. The molecule has 2 aromatic rings. The summed E-state index contributed by atoms with van der Waals surface area (Å²) in [7, 11) is 0. The van der Waals surface area contributed by atoms with Crippen molar-refractivity contribution in [2.75, 3.05) is 6.54 Å². The Morgan fingerprint density at radius 1 is 1.32 bits per heavy atom. The average Bonchev–Trinajstić information content (AvgIpc) is 3.06. The third-order valence-electron chi connectivity index (χ3n) is 4.73. The Balaban J connectivity index is 2.07. The van der Waals surface area contributed by atoms with Gasteiger partial charge in [-0.15, -0.1) is 0 Å². The van der Waals surface area contributed by atoms with Crippen LogP contribution in [0.3, 0.4) is 0 Å². The van der Waals surface area contributed by atoms with E-state index < -0.39 is 11.4 Å². The average molecular weight is 402 g/mol. The first-order chi connectivity index (χ1) is 13.1. The molecule has 1 N–H and O–H groups in total. The number of aromatic nitrogens is 2. The molecule has 1 aromatic heterocycles. The van der Waals surface area contributed by atoms with Crippen molar-refractivity contribution in [2.24, 2.45) is 0 Å². The normalized spacial score (nSPS) is 15.7. The number of esters is 1. The van der Waals surface area contributed by atoms with E-state index in [2.05, 4.69) is 10.2 Å². The van der Waals surface area contributed by atoms with Crippen LogP contribution in [0.1, 0.15) is 54.9 Å². The summed E-state index contributed by atoms with van der Waals surface area (Å²) in [6.45, 7) is 9.84. The van der Waals surface area contributed by atoms with Crippen LogP contribution in [0, 0.1) is 6.92 Å². The van der Waals surface area contributed by atoms with E-state index in [1.165, 1.54) is 0 Å². The molecule has 7 heteroatoms. The molecule has 0 saturated carbocycles. The minimum atomic E-state index is -0.502. The molecule has 28 heavy (non-hydrogen) atoms. The summed E-state index contributed by atoms with van der Waals surface area (Å²) in [6, 6.07) is 5.20. The van der Waals surface area contributed by atoms with Crippen molar-refractivity contribution in [3.63, 3.8) is 0 Å². The summed E-state index contributed by atoms with van der Waals surface area (Å²) in [6.07, 6.45) is 2.96. The number of amides is 1. The number of carbonyl (C=O) groups is 2. The molecule has 6 nitrogen and oxygen atoms in total. The van der Waals surface area contributed by atoms with E-state index >= 15 is 0 Å². The molecule has 1 aliphatic heterocycles. The third-order valence-corrected chi connectivity index (χ3v) is 5.14. The SMILES string of the molecule is Cc1ccc(C(=O)N2C=C(C(=O)OC(C)C)c3[nH]ncc3C(C)(C)C2)cc1Cl. The van der Waals surface area contributed by atoms with Gasteiger partial charge in [-0.2, -0.15) is 5.10 Å². The Labute approximate surface area is 169 Å². The minimum Gasteiger partial charge on any atom is -0.459 e. The van der Waals surface area contributed by atoms with Crippen LogP contribution >= 0.6 is 11.6 Å². The van der Waals surface area contributed by atoms with E-state index in [1.807, 2.05) is 26.8 Å². The Morgan fingerprint density at radius 2 is 2.04 bits per heavy atom. The number of ether oxygens (including phenoxy) is 1. The van der Waals surface area contributed by atoms with Gasteiger partial charge in [0.15, 0.2) is 0 Å². The van der Waals surface area contributed by atoms with Gasteiger partial charge in [0.1, 0.15) is 5.57 Å². The van der Waals surface area contributed by atoms with Crippen LogP contribution in [0.15, 0.2) is 30.6 Å². The number of aromatic amines is 1. The van der Waals surface area contributed by atoms with Gasteiger partial charge in [0.2, 0.25) is 0 Å². The summed E-state index contributed by atoms with van der Waals surface area (Å²) < 4.78 is 5.39. The van der Waals surface area contributed by atoms with Crippen LogP contribution in [0.2, 0.25) is 5.02 Å². The first kappa shape index (κ1) is 20.1. The first-order valence-electron chi connectivity index (χ1n) is 9.14. The van der Waals surface area contributed by atoms with E-state index in [1.54, 1.807) is 43.3 Å². The predicted molar refractivity (Wildman–Crippen MR) is 108 cm³/mol. The highest BCUT2D eigenvalue weighted by Gasteiger charge is 2.36. The lowest BCUT2D eigenvalue weighted by Gasteiger charge is -2.28. The Morgan fingerprint density at radius 3 is 2.68 bits per heavy atom. The Hall–Kier alpha value is -2.60. The third kappa shape index (κ3) is 3.83. The molecule has 2 heterocycles. The molecular weight excluding hydrogens is 378 g/mol. The molecule has 1 aliphatic rings. The molecule has 0 unspecified atom stereocenters. The number of hydrogen-bond acceptors (Lipinski definition) is 4. The fourth-order valence-corrected chi connectivity index (χ4v) is 3.42. The van der Waals surface area contributed by atoms with Crippen molar-refractivity contribution in [2.45, 2.75) is 46.1 Å². The zero-order valence-corrected chi connectivity index (χ0v) is 17.4. The summed E-state index contributed by atoms with van der Waals surface area (Å²) in [5, 5.41) is 7.53. The van der Waals surface area contributed by atoms with E-state index in [0.717, 1.165) is 11.1 Å². The van der Waals surface area contributed by atoms with Crippen LogP contribution in [-0.4, -0.2) is 39.6 Å². The number of hydrogen-bond donors (Lipinski definition) is 1. The van der Waals surface area contributed by atoms with Crippen molar-refractivity contribution in [1.82, 2.24) is 15.1 Å². The lowest BCUT2D eigenvalue weighted by molar-refractivity contribution is -0.140. The second-order valence-corrected chi connectivity index (χ2v) is 8.34. The first-order valence-corrected chi connectivity index (χ1v) is 9.52. The zero-order valence-electron chi connectivity index (χ0n) is 16.7. The van der Waals surface area contributed by atoms with Gasteiger partial charge in [-0.05, 0) is 38.5 Å². The van der Waals surface area contributed by atoms with Crippen LogP contribution in [-0.2, 0) is 14.9 Å². The summed E-state index contributed by atoms with van der Waals surface area (Å²) in [4.78, 5) is 27.5. The van der Waals surface area contributed by atoms with Crippen LogP contribution in [0.25, 0.3) is 5.57 Å². The van der Waals surface area contributed by atoms with Crippen molar-refractivity contribution in [3.05, 3.63) is 58.0 Å². The number of nitrogens with zero attached hydrogens (tertiary/aromatic N) is 2. The Bertz CT molecular complexity index is 960. The molecule has 0 bridgehead atoms. The molecule has 0 fully saturated rings. The molecule has 1 amide bonds. The number of aryl methyl sites for hydroxylation is 1. The van der Waals surface area contributed by atoms with Gasteiger partial charge in [-0.1, -0.05) is 31.5 Å². The monoisotopic (exact) mass is 401 g/mol. The maximum atomic E-state index is 13.2. The minimum absolute atomic E-state index is 0.233. The highest BCUT2D eigenvalue weighted by atomic mass is 35.5. The van der Waals surface area contributed by atoms with Crippen LogP contribution < -0.4 is 0 Å². The molecular formula is C21H24ClN3O3. The largest absolute Gasteiger partial charge is 0.459 e. The summed E-state index contributed by atoms with van der Waals surface area (Å²) in [5.74, 6) is -0.735. The lowest BCUT2D eigenvalue weighted by Crippen LogP contribution is -2.36. The number of halogens is 1. The molecule has 0 aliphatic carbocycles. The maximum Gasteiger partial charge on any atom is 0.342 e. The smallest absolute Gasteiger partial charge is 0.342 e. The standard InChI is InChI=1S/C21H24ClN3O3/c1-12(2)28-20(27)15-10-25(11-21(4,5)16-9-23-24-18(15)16)19(26)14-7-6-13(3)17(22)8-14/h6-10,12H,11H2,1-5H3,(H,23,24). The van der Waals surface area contributed by atoms with Gasteiger partial charge < -0.3 is 9.64 Å². The molecule has 1 aromatic carbocycles. The zero-order chi connectivity index (χ0) is 20.6. The molecule has 3 rings (SSSR count). The van der Waals surface area contributed by atoms with Crippen molar-refractivity contribution in [1.29, 1.82) is 0 Å². The molecule has 0 spiro atoms. The fourth-order valence-electron chi connectivity index (χ4n) is 3.24. The highest BCUT2D eigenvalue weighted by Crippen LogP contribution is 2.35. The molecule has 148 valence electrons. The Kier molecular flexibility index (Phi) is 5.35. The number of nitrogens with one attached hydrogen (secondary N) is 1. The highest BCUT2D eigenvalue weighted by molar-refractivity contribution is 6.31. The van der Waals surface area contributed by atoms with Gasteiger partial charge in [0.25, 0.3) is 5.91 Å². The van der Waals surface area contributed by atoms with Crippen molar-refractivity contribution < 1.29 is 14.3 Å². The molecule has 0 saturated heterocycles. The second-order valence-electron chi connectivity index (χ2n) is 7.94.